The second-order valence-electron chi connectivity index (χ2n) is 11.4. The molecular weight excluding hydrogens is 476 g/mol. The van der Waals surface area contributed by atoms with Gasteiger partial charge in [-0.05, 0) is 62.7 Å². The van der Waals surface area contributed by atoms with Gasteiger partial charge in [-0.3, -0.25) is 19.3 Å². The minimum atomic E-state index is -0.0971. The number of carbonyl (C=O) groups excluding carboxylic acids is 3. The molecule has 200 valence electrons. The van der Waals surface area contributed by atoms with Gasteiger partial charge in [0.2, 0.25) is 17.7 Å². The minimum Gasteiger partial charge on any atom is -0.349 e. The van der Waals surface area contributed by atoms with Crippen LogP contribution in [0.25, 0.3) is 0 Å². The fourth-order valence-corrected chi connectivity index (χ4v) is 6.73. The van der Waals surface area contributed by atoms with E-state index in [2.05, 4.69) is 35.0 Å². The van der Waals surface area contributed by atoms with Crippen LogP contribution in [-0.4, -0.2) is 83.8 Å². The summed E-state index contributed by atoms with van der Waals surface area (Å²) in [5, 5.41) is 3.99. The first kappa shape index (κ1) is 27.2. The summed E-state index contributed by atoms with van der Waals surface area (Å²) in [5.74, 6) is 0.917. The predicted octanol–water partition coefficient (Wildman–Crippen LogP) is 3.69. The highest BCUT2D eigenvalue weighted by Crippen LogP contribution is 2.30. The average Bonchev–Trinajstić information content (AvgIpc) is 3.37. The standard InChI is InChI=1S/C28H43ClN4O3/c1-19-16-31(11-12-33(19)28(36)23-8-4-5-9-23)18-24-14-25(29)15-26(20(24)2)30-27(35)13-22-7-6-10-32(17-22)21(3)34/h14,19,22-23,26H,4-13,15-18H2,1-3H3,(H,30,35)/t19-,22+,26?/m0/s1. The van der Waals surface area contributed by atoms with E-state index in [1.54, 1.807) is 6.92 Å². The Morgan fingerprint density at radius 2 is 1.81 bits per heavy atom. The van der Waals surface area contributed by atoms with Crippen LogP contribution in [0.3, 0.4) is 0 Å². The number of piperidine rings is 1. The van der Waals surface area contributed by atoms with Crippen molar-refractivity contribution in [2.24, 2.45) is 11.8 Å². The van der Waals surface area contributed by atoms with Crippen LogP contribution in [0.15, 0.2) is 22.3 Å². The van der Waals surface area contributed by atoms with Crippen molar-refractivity contribution < 1.29 is 14.4 Å². The minimum absolute atomic E-state index is 0.0353. The molecule has 0 bridgehead atoms. The van der Waals surface area contributed by atoms with E-state index < -0.39 is 0 Å². The third kappa shape index (κ3) is 6.71. The first-order valence-electron chi connectivity index (χ1n) is 13.8. The van der Waals surface area contributed by atoms with E-state index in [9.17, 15) is 14.4 Å². The second-order valence-corrected chi connectivity index (χ2v) is 11.9. The van der Waals surface area contributed by atoms with Crippen molar-refractivity contribution in [1.29, 1.82) is 0 Å². The van der Waals surface area contributed by atoms with Crippen LogP contribution in [0, 0.1) is 11.8 Å². The van der Waals surface area contributed by atoms with Gasteiger partial charge in [-0.25, -0.2) is 0 Å². The van der Waals surface area contributed by atoms with E-state index in [0.29, 0.717) is 25.3 Å². The number of halogens is 1. The molecule has 1 N–H and O–H groups in total. The third-order valence-corrected chi connectivity index (χ3v) is 8.89. The van der Waals surface area contributed by atoms with E-state index >= 15 is 0 Å². The Labute approximate surface area is 221 Å². The number of carbonyl (C=O) groups is 3. The number of likely N-dealkylation sites (tertiary alicyclic amines) is 1. The molecule has 0 spiro atoms. The fraction of sp³-hybridized carbons (Fsp3) is 0.750. The summed E-state index contributed by atoms with van der Waals surface area (Å²) in [6.07, 6.45) is 9.51. The predicted molar refractivity (Wildman–Crippen MR) is 142 cm³/mol. The van der Waals surface area contributed by atoms with Gasteiger partial charge in [-0.1, -0.05) is 24.4 Å². The second kappa shape index (κ2) is 12.1. The highest BCUT2D eigenvalue weighted by Gasteiger charge is 2.34. The van der Waals surface area contributed by atoms with E-state index in [4.69, 9.17) is 11.6 Å². The van der Waals surface area contributed by atoms with Crippen molar-refractivity contribution in [3.05, 3.63) is 22.3 Å². The van der Waals surface area contributed by atoms with Crippen molar-refractivity contribution >= 4 is 29.3 Å². The number of piperazine rings is 1. The van der Waals surface area contributed by atoms with E-state index in [1.807, 2.05) is 4.90 Å². The Hall–Kier alpha value is -1.86. The topological polar surface area (TPSA) is 73.0 Å². The summed E-state index contributed by atoms with van der Waals surface area (Å²) in [5.41, 5.74) is 2.33. The first-order chi connectivity index (χ1) is 17.2. The normalized spacial score (nSPS) is 28.3. The SMILES string of the molecule is CC(=O)N1CCC[C@H](CC(=O)NC2CC(Cl)=CC(CN3CCN(C(=O)C4CCCC4)[C@@H](C)C3)=C2C)C1. The molecule has 0 aromatic heterocycles. The van der Waals surface area contributed by atoms with Crippen molar-refractivity contribution in [2.45, 2.75) is 84.2 Å². The molecule has 0 radical (unpaired) electrons. The Kier molecular flexibility index (Phi) is 9.15. The highest BCUT2D eigenvalue weighted by atomic mass is 35.5. The van der Waals surface area contributed by atoms with Gasteiger partial charge in [-0.2, -0.15) is 0 Å². The average molecular weight is 519 g/mol. The van der Waals surface area contributed by atoms with Crippen LogP contribution in [0.1, 0.15) is 72.1 Å². The third-order valence-electron chi connectivity index (χ3n) is 8.63. The smallest absolute Gasteiger partial charge is 0.226 e. The van der Waals surface area contributed by atoms with Gasteiger partial charge < -0.3 is 15.1 Å². The molecule has 7 nitrogen and oxygen atoms in total. The zero-order valence-corrected chi connectivity index (χ0v) is 23.0. The molecule has 3 amide bonds. The summed E-state index contributed by atoms with van der Waals surface area (Å²) in [6.45, 7) is 10.6. The van der Waals surface area contributed by atoms with Crippen LogP contribution < -0.4 is 5.32 Å². The Morgan fingerprint density at radius 3 is 2.50 bits per heavy atom. The molecule has 2 heterocycles. The highest BCUT2D eigenvalue weighted by molar-refractivity contribution is 6.30. The summed E-state index contributed by atoms with van der Waals surface area (Å²) < 4.78 is 0. The largest absolute Gasteiger partial charge is 0.349 e. The molecule has 3 atom stereocenters. The summed E-state index contributed by atoms with van der Waals surface area (Å²) in [6, 6.07) is 0.108. The van der Waals surface area contributed by atoms with Gasteiger partial charge in [0, 0.05) is 76.0 Å². The summed E-state index contributed by atoms with van der Waals surface area (Å²) in [4.78, 5) is 44.0. The van der Waals surface area contributed by atoms with E-state index in [0.717, 1.165) is 63.4 Å². The van der Waals surface area contributed by atoms with Crippen molar-refractivity contribution in [1.82, 2.24) is 20.0 Å². The van der Waals surface area contributed by atoms with Gasteiger partial charge in [0.25, 0.3) is 0 Å². The maximum Gasteiger partial charge on any atom is 0.226 e. The molecule has 8 heteroatoms. The molecular formula is C28H43ClN4O3. The summed E-state index contributed by atoms with van der Waals surface area (Å²) >= 11 is 6.54. The maximum absolute atomic E-state index is 13.0. The molecule has 0 aromatic rings. The lowest BCUT2D eigenvalue weighted by molar-refractivity contribution is -0.139. The maximum atomic E-state index is 13.0. The Balaban J connectivity index is 1.31. The lowest BCUT2D eigenvalue weighted by atomic mass is 9.91. The van der Waals surface area contributed by atoms with E-state index in [-0.39, 0.29) is 35.7 Å². The molecule has 1 unspecified atom stereocenters. The number of nitrogens with zero attached hydrogens (tertiary/aromatic N) is 3. The van der Waals surface area contributed by atoms with Gasteiger partial charge >= 0.3 is 0 Å². The number of hydrogen-bond acceptors (Lipinski definition) is 4. The summed E-state index contributed by atoms with van der Waals surface area (Å²) in [7, 11) is 0. The molecule has 2 aliphatic carbocycles. The van der Waals surface area contributed by atoms with Crippen molar-refractivity contribution in [2.75, 3.05) is 39.3 Å². The molecule has 4 rings (SSSR count). The quantitative estimate of drug-likeness (QED) is 0.582. The number of amides is 3. The molecule has 2 aliphatic heterocycles. The zero-order valence-electron chi connectivity index (χ0n) is 22.2. The zero-order chi connectivity index (χ0) is 25.8. The fourth-order valence-electron chi connectivity index (χ4n) is 6.45. The van der Waals surface area contributed by atoms with Crippen LogP contribution in [-0.2, 0) is 14.4 Å². The molecule has 1 saturated carbocycles. The molecule has 0 aromatic carbocycles. The van der Waals surface area contributed by atoms with E-state index in [1.165, 1.54) is 24.0 Å². The molecule has 36 heavy (non-hydrogen) atoms. The van der Waals surface area contributed by atoms with Crippen molar-refractivity contribution in [3.8, 4) is 0 Å². The lowest BCUT2D eigenvalue weighted by Gasteiger charge is -2.41. The number of hydrogen-bond donors (Lipinski definition) is 1. The number of nitrogens with one attached hydrogen (secondary N) is 1. The van der Waals surface area contributed by atoms with Gasteiger partial charge in [-0.15, -0.1) is 0 Å². The first-order valence-corrected chi connectivity index (χ1v) is 14.2. The van der Waals surface area contributed by atoms with Crippen LogP contribution in [0.5, 0.6) is 0 Å². The Morgan fingerprint density at radius 1 is 1.06 bits per heavy atom. The van der Waals surface area contributed by atoms with Crippen LogP contribution >= 0.6 is 11.6 Å². The van der Waals surface area contributed by atoms with Gasteiger partial charge in [0.1, 0.15) is 0 Å². The lowest BCUT2D eigenvalue weighted by Crippen LogP contribution is -2.55. The monoisotopic (exact) mass is 518 g/mol. The van der Waals surface area contributed by atoms with Gasteiger partial charge in [0.15, 0.2) is 0 Å². The Bertz CT molecular complexity index is 910. The molecule has 3 fully saturated rings. The molecule has 4 aliphatic rings. The van der Waals surface area contributed by atoms with Crippen LogP contribution in [0.4, 0.5) is 0 Å². The molecule has 2 saturated heterocycles. The van der Waals surface area contributed by atoms with Crippen LogP contribution in [0.2, 0.25) is 0 Å². The van der Waals surface area contributed by atoms with Crippen molar-refractivity contribution in [3.63, 3.8) is 0 Å². The van der Waals surface area contributed by atoms with Gasteiger partial charge in [0.05, 0.1) is 6.04 Å². The number of rotatable bonds is 6.